The first kappa shape index (κ1) is 15.2. The molecule has 1 atom stereocenters. The molecule has 0 aromatic heterocycles. The molecule has 9 heteroatoms. The van der Waals surface area contributed by atoms with Crippen LogP contribution in [-0.4, -0.2) is 49.9 Å². The van der Waals surface area contributed by atoms with Crippen LogP contribution in [0.5, 0.6) is 0 Å². The second-order valence-corrected chi connectivity index (χ2v) is 5.55. The fraction of sp³-hybridized carbons (Fsp3) is 0.500. The molecule has 0 unspecified atom stereocenters. The second kappa shape index (κ2) is 6.21. The van der Waals surface area contributed by atoms with Crippen molar-refractivity contribution in [3.8, 4) is 0 Å². The molecule has 0 spiro atoms. The molecular weight excluding hydrogens is 303 g/mol. The predicted octanol–water partition coefficient (Wildman–Crippen LogP) is 2.52. The molecule has 2 heterocycles. The molecule has 23 heavy (non-hydrogen) atoms. The van der Waals surface area contributed by atoms with E-state index in [0.717, 1.165) is 0 Å². The number of piperazine rings is 1. The highest BCUT2D eigenvalue weighted by Gasteiger charge is 2.31. The Hall–Kier alpha value is -2.67. The Morgan fingerprint density at radius 2 is 2.09 bits per heavy atom. The highest BCUT2D eigenvalue weighted by molar-refractivity contribution is 5.90. The fourth-order valence-corrected chi connectivity index (χ4v) is 2.86. The number of nitrogens with zero attached hydrogens (tertiary/aromatic N) is 6. The van der Waals surface area contributed by atoms with Crippen LogP contribution < -0.4 is 9.80 Å². The van der Waals surface area contributed by atoms with E-state index >= 15 is 0 Å². The average Bonchev–Trinajstić information content (AvgIpc) is 2.87. The number of benzene rings is 1. The number of cyclic esters (lactones) is 1. The zero-order valence-corrected chi connectivity index (χ0v) is 12.7. The molecule has 0 radical (unpaired) electrons. The van der Waals surface area contributed by atoms with E-state index in [9.17, 15) is 9.18 Å². The lowest BCUT2D eigenvalue weighted by molar-refractivity contribution is 0.179. The number of anilines is 2. The lowest BCUT2D eigenvalue weighted by Gasteiger charge is -2.32. The Morgan fingerprint density at radius 1 is 1.35 bits per heavy atom. The molecule has 1 amide bonds. The zero-order chi connectivity index (χ0) is 16.4. The molecule has 122 valence electrons. The van der Waals surface area contributed by atoms with Gasteiger partial charge in [0.15, 0.2) is 0 Å². The molecule has 0 bridgehead atoms. The van der Waals surface area contributed by atoms with Crippen LogP contribution in [0.1, 0.15) is 6.92 Å². The number of hydrogen-bond donors (Lipinski definition) is 0. The summed E-state index contributed by atoms with van der Waals surface area (Å²) in [5.74, 6) is -0.383. The maximum atomic E-state index is 14.5. The molecule has 0 saturated carbocycles. The van der Waals surface area contributed by atoms with Gasteiger partial charge in [-0.05, 0) is 30.3 Å². The third-order valence-corrected chi connectivity index (χ3v) is 4.06. The Kier molecular flexibility index (Phi) is 4.12. The molecule has 8 nitrogen and oxygen atoms in total. The van der Waals surface area contributed by atoms with Crippen molar-refractivity contribution in [2.75, 3.05) is 42.6 Å². The number of carbonyl (C=O) groups excluding carboxylic acids is 1. The van der Waals surface area contributed by atoms with Gasteiger partial charge in [0.2, 0.25) is 0 Å². The van der Waals surface area contributed by atoms with Crippen molar-refractivity contribution in [3.05, 3.63) is 34.5 Å². The minimum atomic E-state index is -0.451. The van der Waals surface area contributed by atoms with Gasteiger partial charge in [-0.3, -0.25) is 4.90 Å². The van der Waals surface area contributed by atoms with E-state index in [0.29, 0.717) is 44.2 Å². The van der Waals surface area contributed by atoms with Crippen LogP contribution >= 0.6 is 0 Å². The number of azide groups is 1. The number of amides is 1. The third-order valence-electron chi connectivity index (χ3n) is 4.06. The van der Waals surface area contributed by atoms with Crippen LogP contribution in [0, 0.1) is 5.82 Å². The SMILES string of the molecule is C[C@H]1COC(=O)N1c1ccc(N2CCN(N=[N+]=[N-])CC2)c(F)c1. The summed E-state index contributed by atoms with van der Waals surface area (Å²) in [5.41, 5.74) is 9.40. The molecule has 1 aromatic carbocycles. The van der Waals surface area contributed by atoms with Gasteiger partial charge in [0.05, 0.1) is 30.5 Å². The predicted molar refractivity (Wildman–Crippen MR) is 82.6 cm³/mol. The van der Waals surface area contributed by atoms with Crippen molar-refractivity contribution < 1.29 is 13.9 Å². The first-order chi connectivity index (χ1) is 11.1. The van der Waals surface area contributed by atoms with E-state index in [2.05, 4.69) is 10.1 Å². The molecule has 2 aliphatic heterocycles. The Morgan fingerprint density at radius 3 is 2.65 bits per heavy atom. The van der Waals surface area contributed by atoms with Crippen LogP contribution in [0.2, 0.25) is 0 Å². The summed E-state index contributed by atoms with van der Waals surface area (Å²) in [5, 5.41) is 5.17. The highest BCUT2D eigenvalue weighted by Crippen LogP contribution is 2.29. The molecule has 2 aliphatic rings. The number of hydrogen-bond acceptors (Lipinski definition) is 4. The van der Waals surface area contributed by atoms with Gasteiger partial charge in [0, 0.05) is 0 Å². The van der Waals surface area contributed by atoms with E-state index in [4.69, 9.17) is 10.3 Å². The Bertz CT molecular complexity index is 655. The van der Waals surface area contributed by atoms with Gasteiger partial charge in [-0.2, -0.15) is 4.91 Å². The van der Waals surface area contributed by atoms with Crippen LogP contribution in [0.4, 0.5) is 20.6 Å². The average molecular weight is 320 g/mol. The van der Waals surface area contributed by atoms with E-state index in [1.165, 1.54) is 11.0 Å². The van der Waals surface area contributed by atoms with Crippen molar-refractivity contribution in [2.24, 2.45) is 5.22 Å². The van der Waals surface area contributed by atoms with Crippen LogP contribution in [0.15, 0.2) is 23.4 Å². The van der Waals surface area contributed by atoms with Gasteiger partial charge in [0.1, 0.15) is 25.5 Å². The standard InChI is InChI=1S/C14H17FN6O2/c1-10-9-23-14(22)21(10)11-2-3-13(12(15)8-11)19-4-6-20(7-5-19)18-17-16/h2-3,8,10H,4-7,9H2,1H3/t10-/m0/s1. The summed E-state index contributed by atoms with van der Waals surface area (Å²) in [6, 6.07) is 4.64. The normalized spacial score (nSPS) is 21.2. The van der Waals surface area contributed by atoms with Crippen LogP contribution in [0.3, 0.4) is 0 Å². The number of ether oxygens (including phenoxy) is 1. The molecule has 2 saturated heterocycles. The summed E-state index contributed by atoms with van der Waals surface area (Å²) in [6.07, 6.45) is -0.451. The third kappa shape index (κ3) is 2.95. The Balaban J connectivity index is 1.75. The molecule has 1 aromatic rings. The molecule has 0 N–H and O–H groups in total. The molecule has 2 fully saturated rings. The van der Waals surface area contributed by atoms with Gasteiger partial charge < -0.3 is 9.64 Å². The largest absolute Gasteiger partial charge is 0.447 e. The Labute approximate surface area is 132 Å². The summed E-state index contributed by atoms with van der Waals surface area (Å²) in [7, 11) is 0. The van der Waals surface area contributed by atoms with Crippen molar-refractivity contribution >= 4 is 17.5 Å². The summed E-state index contributed by atoms with van der Waals surface area (Å²) in [6.45, 7) is 4.38. The zero-order valence-electron chi connectivity index (χ0n) is 12.7. The lowest BCUT2D eigenvalue weighted by Crippen LogP contribution is -2.44. The first-order valence-electron chi connectivity index (χ1n) is 7.40. The van der Waals surface area contributed by atoms with Crippen molar-refractivity contribution in [2.45, 2.75) is 13.0 Å². The summed E-state index contributed by atoms with van der Waals surface area (Å²) < 4.78 is 19.4. The summed E-state index contributed by atoms with van der Waals surface area (Å²) in [4.78, 5) is 17.8. The monoisotopic (exact) mass is 320 g/mol. The van der Waals surface area contributed by atoms with E-state index in [-0.39, 0.29) is 11.9 Å². The topological polar surface area (TPSA) is 84.8 Å². The van der Waals surface area contributed by atoms with Crippen LogP contribution in [0.25, 0.3) is 10.4 Å². The summed E-state index contributed by atoms with van der Waals surface area (Å²) >= 11 is 0. The van der Waals surface area contributed by atoms with Gasteiger partial charge in [-0.1, -0.05) is 0 Å². The lowest BCUT2D eigenvalue weighted by atomic mass is 10.2. The van der Waals surface area contributed by atoms with Gasteiger partial charge in [-0.25, -0.2) is 14.2 Å². The van der Waals surface area contributed by atoms with Crippen LogP contribution in [-0.2, 0) is 4.74 Å². The highest BCUT2D eigenvalue weighted by atomic mass is 19.1. The van der Waals surface area contributed by atoms with Crippen molar-refractivity contribution in [3.63, 3.8) is 0 Å². The fourth-order valence-electron chi connectivity index (χ4n) is 2.86. The van der Waals surface area contributed by atoms with Gasteiger partial charge >= 0.3 is 6.09 Å². The quantitative estimate of drug-likeness (QED) is 0.486. The van der Waals surface area contributed by atoms with Gasteiger partial charge in [-0.15, -0.1) is 5.53 Å². The molecule has 3 rings (SSSR count). The first-order valence-corrected chi connectivity index (χ1v) is 7.40. The number of carbonyl (C=O) groups is 1. The maximum absolute atomic E-state index is 14.5. The number of halogens is 1. The van der Waals surface area contributed by atoms with E-state index < -0.39 is 6.09 Å². The van der Waals surface area contributed by atoms with Gasteiger partial charge in [0.25, 0.3) is 0 Å². The minimum Gasteiger partial charge on any atom is -0.447 e. The minimum absolute atomic E-state index is 0.111. The van der Waals surface area contributed by atoms with Crippen molar-refractivity contribution in [1.82, 2.24) is 5.01 Å². The van der Waals surface area contributed by atoms with E-state index in [1.54, 1.807) is 17.1 Å². The number of rotatable bonds is 3. The van der Waals surface area contributed by atoms with Crippen molar-refractivity contribution in [1.29, 1.82) is 0 Å². The maximum Gasteiger partial charge on any atom is 0.414 e. The van der Waals surface area contributed by atoms with E-state index in [1.807, 2.05) is 11.8 Å². The smallest absolute Gasteiger partial charge is 0.414 e. The second-order valence-electron chi connectivity index (χ2n) is 5.55. The molecular formula is C14H17FN6O2. The molecule has 0 aliphatic carbocycles.